The van der Waals surface area contributed by atoms with Gasteiger partial charge in [-0.2, -0.15) is 5.10 Å². The fourth-order valence-corrected chi connectivity index (χ4v) is 1.82. The van der Waals surface area contributed by atoms with Gasteiger partial charge in [-0.25, -0.2) is 5.43 Å². The van der Waals surface area contributed by atoms with Crippen LogP contribution in [0.25, 0.3) is 0 Å². The summed E-state index contributed by atoms with van der Waals surface area (Å²) in [5.41, 5.74) is 4.35. The molecule has 102 valence electrons. The van der Waals surface area contributed by atoms with Crippen molar-refractivity contribution in [1.82, 2.24) is 5.43 Å². The quantitative estimate of drug-likeness (QED) is 0.673. The van der Waals surface area contributed by atoms with Crippen molar-refractivity contribution in [1.29, 1.82) is 0 Å². The number of nitrogens with one attached hydrogen (secondary N) is 1. The second-order valence-electron chi connectivity index (χ2n) is 4.27. The Morgan fingerprint density at radius 1 is 1.30 bits per heavy atom. The van der Waals surface area contributed by atoms with E-state index in [9.17, 15) is 9.90 Å². The zero-order valence-corrected chi connectivity index (χ0v) is 11.6. The third-order valence-electron chi connectivity index (χ3n) is 2.64. The summed E-state index contributed by atoms with van der Waals surface area (Å²) in [4.78, 5) is 11.8. The fraction of sp³-hybridized carbons (Fsp3) is 0.0667. The minimum absolute atomic E-state index is 0.0444. The number of carbonyl (C=O) groups is 1. The summed E-state index contributed by atoms with van der Waals surface area (Å²) >= 11 is 5.81. The van der Waals surface area contributed by atoms with Crippen molar-refractivity contribution in [2.24, 2.45) is 5.10 Å². The summed E-state index contributed by atoms with van der Waals surface area (Å²) in [5.74, 6) is -0.269. The molecule has 2 aromatic rings. The molecule has 2 N–H and O–H groups in total. The molecule has 1 amide bonds. The SMILES string of the molecule is Cc1cccc(C(=O)N/N=C\c2cc(Cl)ccc2O)c1. The summed E-state index contributed by atoms with van der Waals surface area (Å²) in [5, 5.41) is 13.9. The lowest BCUT2D eigenvalue weighted by molar-refractivity contribution is 0.0955. The van der Waals surface area contributed by atoms with Crippen LogP contribution in [0.4, 0.5) is 0 Å². The number of aryl methyl sites for hydroxylation is 1. The van der Waals surface area contributed by atoms with Gasteiger partial charge >= 0.3 is 0 Å². The predicted molar refractivity (Wildman–Crippen MR) is 79.4 cm³/mol. The van der Waals surface area contributed by atoms with Crippen LogP contribution in [0, 0.1) is 6.92 Å². The van der Waals surface area contributed by atoms with Crippen molar-refractivity contribution in [3.05, 3.63) is 64.2 Å². The molecule has 0 spiro atoms. The average molecular weight is 289 g/mol. The number of nitrogens with zero attached hydrogens (tertiary/aromatic N) is 1. The molecule has 2 aromatic carbocycles. The topological polar surface area (TPSA) is 61.7 Å². The first kappa shape index (κ1) is 14.1. The third-order valence-corrected chi connectivity index (χ3v) is 2.87. The van der Waals surface area contributed by atoms with Crippen LogP contribution in [0.1, 0.15) is 21.5 Å². The van der Waals surface area contributed by atoms with Gasteiger partial charge in [-0.15, -0.1) is 0 Å². The van der Waals surface area contributed by atoms with Crippen LogP contribution in [-0.4, -0.2) is 17.2 Å². The number of hydrogen-bond acceptors (Lipinski definition) is 3. The first-order valence-corrected chi connectivity index (χ1v) is 6.32. The molecule has 0 aromatic heterocycles. The van der Waals surface area contributed by atoms with Gasteiger partial charge in [0.15, 0.2) is 0 Å². The Morgan fingerprint density at radius 3 is 2.85 bits per heavy atom. The monoisotopic (exact) mass is 288 g/mol. The molecule has 0 unspecified atom stereocenters. The number of amides is 1. The molecule has 0 saturated heterocycles. The summed E-state index contributed by atoms with van der Waals surface area (Å²) < 4.78 is 0. The standard InChI is InChI=1S/C15H13ClN2O2/c1-10-3-2-4-11(7-10)15(20)18-17-9-12-8-13(16)5-6-14(12)19/h2-9,19H,1H3,(H,18,20)/b17-9-. The maximum Gasteiger partial charge on any atom is 0.271 e. The van der Waals surface area contributed by atoms with Gasteiger partial charge in [0.05, 0.1) is 6.21 Å². The molecule has 0 fully saturated rings. The molecule has 0 heterocycles. The Balaban J connectivity index is 2.06. The van der Waals surface area contributed by atoms with Gasteiger partial charge in [-0.05, 0) is 37.3 Å². The van der Waals surface area contributed by atoms with E-state index in [0.29, 0.717) is 16.1 Å². The summed E-state index contributed by atoms with van der Waals surface area (Å²) in [6.45, 7) is 1.91. The molecule has 0 bridgehead atoms. The summed E-state index contributed by atoms with van der Waals surface area (Å²) in [6, 6.07) is 11.8. The van der Waals surface area contributed by atoms with Crippen LogP contribution in [0.5, 0.6) is 5.75 Å². The molecule has 0 aliphatic carbocycles. The normalized spacial score (nSPS) is 10.7. The van der Waals surface area contributed by atoms with Crippen molar-refractivity contribution >= 4 is 23.7 Å². The number of hydrazone groups is 1. The molecule has 2 rings (SSSR count). The van der Waals surface area contributed by atoms with Gasteiger partial charge in [0.25, 0.3) is 5.91 Å². The molecule has 0 radical (unpaired) electrons. The second-order valence-corrected chi connectivity index (χ2v) is 4.71. The van der Waals surface area contributed by atoms with Crippen molar-refractivity contribution in [2.45, 2.75) is 6.92 Å². The number of phenolic OH excluding ortho intramolecular Hbond substituents is 1. The van der Waals surface area contributed by atoms with Gasteiger partial charge in [0.2, 0.25) is 0 Å². The maximum absolute atomic E-state index is 11.8. The molecule has 0 aliphatic rings. The van der Waals surface area contributed by atoms with E-state index in [-0.39, 0.29) is 11.7 Å². The maximum atomic E-state index is 11.8. The van der Waals surface area contributed by atoms with E-state index in [4.69, 9.17) is 11.6 Å². The number of benzene rings is 2. The lowest BCUT2D eigenvalue weighted by Gasteiger charge is -2.02. The van der Waals surface area contributed by atoms with Gasteiger partial charge in [0, 0.05) is 16.1 Å². The van der Waals surface area contributed by atoms with Crippen molar-refractivity contribution in [3.63, 3.8) is 0 Å². The number of rotatable bonds is 3. The lowest BCUT2D eigenvalue weighted by atomic mass is 10.1. The molecule has 0 aliphatic heterocycles. The van der Waals surface area contributed by atoms with E-state index < -0.39 is 0 Å². The molecular formula is C15H13ClN2O2. The van der Waals surface area contributed by atoms with Crippen molar-refractivity contribution in [2.75, 3.05) is 0 Å². The van der Waals surface area contributed by atoms with E-state index in [1.807, 2.05) is 13.0 Å². The van der Waals surface area contributed by atoms with Crippen LogP contribution in [0.15, 0.2) is 47.6 Å². The molecule has 5 heteroatoms. The highest BCUT2D eigenvalue weighted by Gasteiger charge is 2.04. The smallest absolute Gasteiger partial charge is 0.271 e. The van der Waals surface area contributed by atoms with Gasteiger partial charge in [-0.1, -0.05) is 29.3 Å². The molecular weight excluding hydrogens is 276 g/mol. The van der Waals surface area contributed by atoms with E-state index in [1.54, 1.807) is 30.3 Å². The summed E-state index contributed by atoms with van der Waals surface area (Å²) in [7, 11) is 0. The zero-order chi connectivity index (χ0) is 14.5. The van der Waals surface area contributed by atoms with Gasteiger partial charge in [0.1, 0.15) is 5.75 Å². The zero-order valence-electron chi connectivity index (χ0n) is 10.8. The Labute approximate surface area is 121 Å². The predicted octanol–water partition coefficient (Wildman–Crippen LogP) is 3.12. The molecule has 0 saturated carbocycles. The highest BCUT2D eigenvalue weighted by atomic mass is 35.5. The number of phenols is 1. The van der Waals surface area contributed by atoms with Crippen LogP contribution < -0.4 is 5.43 Å². The minimum Gasteiger partial charge on any atom is -0.507 e. The Hall–Kier alpha value is -2.33. The van der Waals surface area contributed by atoms with E-state index in [0.717, 1.165) is 5.56 Å². The first-order valence-electron chi connectivity index (χ1n) is 5.95. The Bertz CT molecular complexity index is 669. The molecule has 4 nitrogen and oxygen atoms in total. The van der Waals surface area contributed by atoms with Crippen LogP contribution in [0.3, 0.4) is 0 Å². The van der Waals surface area contributed by atoms with E-state index in [2.05, 4.69) is 10.5 Å². The van der Waals surface area contributed by atoms with Crippen LogP contribution >= 0.6 is 11.6 Å². The lowest BCUT2D eigenvalue weighted by Crippen LogP contribution is -2.17. The molecule has 0 atom stereocenters. The van der Waals surface area contributed by atoms with Gasteiger partial charge in [-0.3, -0.25) is 4.79 Å². The van der Waals surface area contributed by atoms with E-state index >= 15 is 0 Å². The number of halogens is 1. The third kappa shape index (κ3) is 3.59. The van der Waals surface area contributed by atoms with Gasteiger partial charge < -0.3 is 5.11 Å². The van der Waals surface area contributed by atoms with Crippen molar-refractivity contribution in [3.8, 4) is 5.75 Å². The fourth-order valence-electron chi connectivity index (χ4n) is 1.64. The Morgan fingerprint density at radius 2 is 2.10 bits per heavy atom. The Kier molecular flexibility index (Phi) is 4.38. The first-order chi connectivity index (χ1) is 9.56. The van der Waals surface area contributed by atoms with Crippen LogP contribution in [-0.2, 0) is 0 Å². The highest BCUT2D eigenvalue weighted by Crippen LogP contribution is 2.19. The molecule has 20 heavy (non-hydrogen) atoms. The highest BCUT2D eigenvalue weighted by molar-refractivity contribution is 6.30. The average Bonchev–Trinajstić information content (AvgIpc) is 2.42. The number of aromatic hydroxyl groups is 1. The number of carbonyl (C=O) groups excluding carboxylic acids is 1. The van der Waals surface area contributed by atoms with Crippen LogP contribution in [0.2, 0.25) is 5.02 Å². The second kappa shape index (κ2) is 6.21. The summed E-state index contributed by atoms with van der Waals surface area (Å²) in [6.07, 6.45) is 1.34. The van der Waals surface area contributed by atoms with Crippen molar-refractivity contribution < 1.29 is 9.90 Å². The number of hydrogen-bond donors (Lipinski definition) is 2. The minimum atomic E-state index is -0.313. The van der Waals surface area contributed by atoms with E-state index in [1.165, 1.54) is 12.3 Å². The largest absolute Gasteiger partial charge is 0.507 e.